The number of aromatic hydroxyl groups is 1. The van der Waals surface area contributed by atoms with Crippen LogP contribution in [0.15, 0.2) is 41.4 Å². The number of ether oxygens (including phenoxy) is 3. The number of hydrogen-bond donors (Lipinski definition) is 3. The van der Waals surface area contributed by atoms with E-state index in [2.05, 4.69) is 15.6 Å². The normalized spacial score (nSPS) is 10.6. The molecule has 0 saturated carbocycles. The molecule has 7 nitrogen and oxygen atoms in total. The van der Waals surface area contributed by atoms with Crippen LogP contribution < -0.4 is 24.8 Å². The highest BCUT2D eigenvalue weighted by Crippen LogP contribution is 2.31. The number of benzene rings is 2. The average Bonchev–Trinajstić information content (AvgIpc) is 2.67. The summed E-state index contributed by atoms with van der Waals surface area (Å²) in [5, 5.41) is 16.6. The molecule has 27 heavy (non-hydrogen) atoms. The van der Waals surface area contributed by atoms with E-state index in [9.17, 15) is 5.11 Å². The van der Waals surface area contributed by atoms with Gasteiger partial charge in [0, 0.05) is 23.9 Å². The summed E-state index contributed by atoms with van der Waals surface area (Å²) >= 11 is 0. The zero-order chi connectivity index (χ0) is 18.9. The second-order valence-electron chi connectivity index (χ2n) is 5.36. The SMILES string of the molecule is CCNC(=NCc1cccc(OC)c1O)Nc1ccc(OC)c(OC)c1.I. The van der Waals surface area contributed by atoms with Gasteiger partial charge in [-0.1, -0.05) is 12.1 Å². The number of rotatable bonds is 7. The monoisotopic (exact) mass is 487 g/mol. The van der Waals surface area contributed by atoms with Gasteiger partial charge in [0.25, 0.3) is 0 Å². The first-order valence-corrected chi connectivity index (χ1v) is 8.25. The molecule has 0 aliphatic carbocycles. The predicted octanol–water partition coefficient (Wildman–Crippen LogP) is 3.61. The van der Waals surface area contributed by atoms with Crippen LogP contribution in [0.1, 0.15) is 12.5 Å². The number of guanidine groups is 1. The average molecular weight is 487 g/mol. The number of nitrogens with one attached hydrogen (secondary N) is 2. The van der Waals surface area contributed by atoms with Gasteiger partial charge in [0.15, 0.2) is 29.0 Å². The van der Waals surface area contributed by atoms with Gasteiger partial charge in [0.05, 0.1) is 27.9 Å². The molecule has 8 heteroatoms. The van der Waals surface area contributed by atoms with Crippen LogP contribution >= 0.6 is 24.0 Å². The van der Waals surface area contributed by atoms with Crippen LogP contribution in [-0.2, 0) is 6.54 Å². The summed E-state index contributed by atoms with van der Waals surface area (Å²) in [5.41, 5.74) is 1.48. The number of halogens is 1. The Bertz CT molecular complexity index is 769. The molecule has 3 N–H and O–H groups in total. The van der Waals surface area contributed by atoms with E-state index in [-0.39, 0.29) is 29.7 Å². The predicted molar refractivity (Wildman–Crippen MR) is 118 cm³/mol. The number of hydrogen-bond acceptors (Lipinski definition) is 5. The maximum absolute atomic E-state index is 10.2. The standard InChI is InChI=1S/C19H25N3O4.HI/c1-5-20-19(21-12-13-7-6-8-16(25-3)18(13)23)22-14-9-10-15(24-2)17(11-14)26-4;/h6-11,23H,5,12H2,1-4H3,(H2,20,21,22);1H. The molecule has 0 unspecified atom stereocenters. The summed E-state index contributed by atoms with van der Waals surface area (Å²) in [4.78, 5) is 4.52. The Hall–Kier alpha value is -2.36. The van der Waals surface area contributed by atoms with E-state index in [0.29, 0.717) is 41.9 Å². The summed E-state index contributed by atoms with van der Waals surface area (Å²) in [6.45, 7) is 2.98. The molecule has 0 heterocycles. The number of nitrogens with zero attached hydrogens (tertiary/aromatic N) is 1. The van der Waals surface area contributed by atoms with Crippen LogP contribution in [0.4, 0.5) is 5.69 Å². The van der Waals surface area contributed by atoms with Gasteiger partial charge in [0.2, 0.25) is 0 Å². The molecule has 2 aromatic carbocycles. The van der Waals surface area contributed by atoms with Crippen molar-refractivity contribution < 1.29 is 19.3 Å². The highest BCUT2D eigenvalue weighted by molar-refractivity contribution is 14.0. The van der Waals surface area contributed by atoms with Crippen molar-refractivity contribution in [3.8, 4) is 23.0 Å². The van der Waals surface area contributed by atoms with Crippen molar-refractivity contribution in [2.24, 2.45) is 4.99 Å². The van der Waals surface area contributed by atoms with Gasteiger partial charge in [-0.3, -0.25) is 0 Å². The molecule has 0 fully saturated rings. The molecular formula is C19H26IN3O4. The van der Waals surface area contributed by atoms with Crippen LogP contribution in [0.5, 0.6) is 23.0 Å². The lowest BCUT2D eigenvalue weighted by Gasteiger charge is -2.14. The molecule has 0 spiro atoms. The minimum absolute atomic E-state index is 0. The Morgan fingerprint density at radius 3 is 2.33 bits per heavy atom. The first kappa shape index (κ1) is 22.7. The second kappa shape index (κ2) is 11.4. The highest BCUT2D eigenvalue weighted by Gasteiger charge is 2.09. The highest BCUT2D eigenvalue weighted by atomic mass is 127. The van der Waals surface area contributed by atoms with Crippen LogP contribution in [0.3, 0.4) is 0 Å². The second-order valence-corrected chi connectivity index (χ2v) is 5.36. The fourth-order valence-electron chi connectivity index (χ4n) is 2.38. The Morgan fingerprint density at radius 2 is 1.70 bits per heavy atom. The topological polar surface area (TPSA) is 84.3 Å². The maximum Gasteiger partial charge on any atom is 0.196 e. The third-order valence-electron chi connectivity index (χ3n) is 3.70. The fourth-order valence-corrected chi connectivity index (χ4v) is 2.38. The summed E-state index contributed by atoms with van der Waals surface area (Å²) in [6, 6.07) is 10.8. The minimum atomic E-state index is 0. The lowest BCUT2D eigenvalue weighted by molar-refractivity contribution is 0.355. The molecule has 2 aromatic rings. The molecule has 0 aliphatic heterocycles. The van der Waals surface area contributed by atoms with E-state index in [1.54, 1.807) is 26.4 Å². The van der Waals surface area contributed by atoms with Crippen molar-refractivity contribution in [1.82, 2.24) is 5.32 Å². The number of methoxy groups -OCH3 is 3. The number of anilines is 1. The minimum Gasteiger partial charge on any atom is -0.504 e. The van der Waals surface area contributed by atoms with Crippen LogP contribution in [0.2, 0.25) is 0 Å². The molecule has 0 bridgehead atoms. The van der Waals surface area contributed by atoms with Gasteiger partial charge < -0.3 is 30.0 Å². The summed E-state index contributed by atoms with van der Waals surface area (Å²) in [7, 11) is 4.70. The van der Waals surface area contributed by atoms with Gasteiger partial charge in [-0.2, -0.15) is 0 Å². The van der Waals surface area contributed by atoms with Gasteiger partial charge in [-0.05, 0) is 25.1 Å². The maximum atomic E-state index is 10.2. The van der Waals surface area contributed by atoms with Gasteiger partial charge in [0.1, 0.15) is 0 Å². The zero-order valence-electron chi connectivity index (χ0n) is 15.9. The first-order chi connectivity index (χ1) is 12.6. The molecule has 0 amide bonds. The fraction of sp³-hybridized carbons (Fsp3) is 0.316. The molecular weight excluding hydrogens is 461 g/mol. The molecule has 0 saturated heterocycles. The number of phenols is 1. The van der Waals surface area contributed by atoms with Gasteiger partial charge >= 0.3 is 0 Å². The Balaban J connectivity index is 0.00000364. The van der Waals surface area contributed by atoms with E-state index in [4.69, 9.17) is 14.2 Å². The van der Waals surface area contributed by atoms with E-state index in [1.165, 1.54) is 7.11 Å². The lowest BCUT2D eigenvalue weighted by Crippen LogP contribution is -2.30. The third-order valence-corrected chi connectivity index (χ3v) is 3.70. The molecule has 0 atom stereocenters. The number of para-hydroxylation sites is 1. The number of aliphatic imine (C=N–C) groups is 1. The van der Waals surface area contributed by atoms with E-state index in [1.807, 2.05) is 31.2 Å². The third kappa shape index (κ3) is 6.09. The lowest BCUT2D eigenvalue weighted by atomic mass is 10.2. The summed E-state index contributed by atoms with van der Waals surface area (Å²) in [6.07, 6.45) is 0. The van der Waals surface area contributed by atoms with E-state index in [0.717, 1.165) is 5.69 Å². The van der Waals surface area contributed by atoms with Crippen molar-refractivity contribution in [2.45, 2.75) is 13.5 Å². The Kier molecular flexibility index (Phi) is 9.55. The molecule has 0 aromatic heterocycles. The summed E-state index contributed by atoms with van der Waals surface area (Å²) < 4.78 is 15.7. The first-order valence-electron chi connectivity index (χ1n) is 8.25. The zero-order valence-corrected chi connectivity index (χ0v) is 18.2. The van der Waals surface area contributed by atoms with Crippen molar-refractivity contribution in [3.63, 3.8) is 0 Å². The molecule has 0 aliphatic rings. The van der Waals surface area contributed by atoms with Crippen LogP contribution in [-0.4, -0.2) is 38.9 Å². The Morgan fingerprint density at radius 1 is 1.00 bits per heavy atom. The van der Waals surface area contributed by atoms with Crippen molar-refractivity contribution in [2.75, 3.05) is 33.2 Å². The van der Waals surface area contributed by atoms with E-state index >= 15 is 0 Å². The van der Waals surface area contributed by atoms with E-state index < -0.39 is 0 Å². The van der Waals surface area contributed by atoms with Crippen LogP contribution in [0, 0.1) is 0 Å². The largest absolute Gasteiger partial charge is 0.504 e. The molecule has 2 rings (SSSR count). The smallest absolute Gasteiger partial charge is 0.196 e. The van der Waals surface area contributed by atoms with Gasteiger partial charge in [-0.25, -0.2) is 4.99 Å². The van der Waals surface area contributed by atoms with Gasteiger partial charge in [-0.15, -0.1) is 24.0 Å². The van der Waals surface area contributed by atoms with Crippen molar-refractivity contribution in [1.29, 1.82) is 0 Å². The summed E-state index contributed by atoms with van der Waals surface area (Å²) in [5.74, 6) is 2.39. The molecule has 148 valence electrons. The Labute approximate surface area is 176 Å². The quantitative estimate of drug-likeness (QED) is 0.315. The van der Waals surface area contributed by atoms with Crippen molar-refractivity contribution >= 4 is 35.6 Å². The molecule has 0 radical (unpaired) electrons. The van der Waals surface area contributed by atoms with Crippen LogP contribution in [0.25, 0.3) is 0 Å². The van der Waals surface area contributed by atoms with Crippen molar-refractivity contribution in [3.05, 3.63) is 42.0 Å². The number of phenolic OH excluding ortho intramolecular Hbond substituents is 1.